The maximum Gasteiger partial charge on any atom is 0.233 e. The van der Waals surface area contributed by atoms with Gasteiger partial charge in [0.05, 0.1) is 23.8 Å². The standard InChI is InChI=1S/C8H12ClN3O2S/c1-7(2-9)5-15(13,14)12-8-3-10-6-11-4-8/h3-4,6-7,12H,2,5H2,1H3. The van der Waals surface area contributed by atoms with Crippen LogP contribution in [0.1, 0.15) is 6.92 Å². The van der Waals surface area contributed by atoms with Gasteiger partial charge in [-0.25, -0.2) is 18.4 Å². The van der Waals surface area contributed by atoms with Crippen molar-refractivity contribution in [2.24, 2.45) is 5.92 Å². The Balaban J connectivity index is 2.65. The molecule has 5 nitrogen and oxygen atoms in total. The van der Waals surface area contributed by atoms with E-state index in [1.54, 1.807) is 6.92 Å². The molecule has 7 heteroatoms. The van der Waals surface area contributed by atoms with E-state index >= 15 is 0 Å². The Bertz CT molecular complexity index is 396. The molecule has 1 rings (SSSR count). The van der Waals surface area contributed by atoms with Crippen LogP contribution in [0.3, 0.4) is 0 Å². The molecule has 0 aliphatic heterocycles. The van der Waals surface area contributed by atoms with E-state index in [0.717, 1.165) is 0 Å². The molecule has 1 N–H and O–H groups in total. The summed E-state index contributed by atoms with van der Waals surface area (Å²) in [6, 6.07) is 0. The third kappa shape index (κ3) is 4.44. The highest BCUT2D eigenvalue weighted by molar-refractivity contribution is 7.92. The lowest BCUT2D eigenvalue weighted by molar-refractivity contribution is 0.588. The summed E-state index contributed by atoms with van der Waals surface area (Å²) >= 11 is 5.54. The van der Waals surface area contributed by atoms with Crippen LogP contribution < -0.4 is 4.72 Å². The molecule has 0 bridgehead atoms. The van der Waals surface area contributed by atoms with Crippen molar-refractivity contribution in [2.75, 3.05) is 16.4 Å². The number of sulfonamides is 1. The normalized spacial score (nSPS) is 13.5. The number of aromatic nitrogens is 2. The summed E-state index contributed by atoms with van der Waals surface area (Å²) in [6.45, 7) is 1.77. The number of hydrogen-bond donors (Lipinski definition) is 1. The van der Waals surface area contributed by atoms with Gasteiger partial charge >= 0.3 is 0 Å². The molecule has 0 saturated carbocycles. The highest BCUT2D eigenvalue weighted by atomic mass is 35.5. The molecule has 0 aliphatic rings. The molecular formula is C8H12ClN3O2S. The minimum absolute atomic E-state index is 0.00854. The van der Waals surface area contributed by atoms with Crippen LogP contribution in [0.15, 0.2) is 18.7 Å². The lowest BCUT2D eigenvalue weighted by atomic mass is 10.3. The Morgan fingerprint density at radius 1 is 1.47 bits per heavy atom. The lowest BCUT2D eigenvalue weighted by Crippen LogP contribution is -2.22. The van der Waals surface area contributed by atoms with Gasteiger partial charge in [0.2, 0.25) is 10.0 Å². The molecule has 0 fully saturated rings. The summed E-state index contributed by atoms with van der Waals surface area (Å²) in [5.74, 6) is 0.214. The summed E-state index contributed by atoms with van der Waals surface area (Å²) in [5.41, 5.74) is 0.360. The maximum atomic E-state index is 11.5. The topological polar surface area (TPSA) is 72.0 Å². The number of halogens is 1. The van der Waals surface area contributed by atoms with Gasteiger partial charge in [-0.1, -0.05) is 6.92 Å². The highest BCUT2D eigenvalue weighted by Crippen LogP contribution is 2.08. The van der Waals surface area contributed by atoms with E-state index < -0.39 is 10.0 Å². The average molecular weight is 250 g/mol. The maximum absolute atomic E-state index is 11.5. The Kier molecular flexibility index (Phi) is 4.28. The summed E-state index contributed by atoms with van der Waals surface area (Å²) in [4.78, 5) is 7.41. The van der Waals surface area contributed by atoms with E-state index in [1.165, 1.54) is 18.7 Å². The number of anilines is 1. The van der Waals surface area contributed by atoms with Crippen molar-refractivity contribution in [3.63, 3.8) is 0 Å². The van der Waals surface area contributed by atoms with Crippen LogP contribution in [0.2, 0.25) is 0 Å². The van der Waals surface area contributed by atoms with Crippen molar-refractivity contribution in [3.8, 4) is 0 Å². The molecule has 0 radical (unpaired) electrons. The second-order valence-corrected chi connectivity index (χ2v) is 5.35. The van der Waals surface area contributed by atoms with Crippen LogP contribution in [-0.2, 0) is 10.0 Å². The summed E-state index contributed by atoms with van der Waals surface area (Å²) in [7, 11) is -3.36. The van der Waals surface area contributed by atoms with Crippen molar-refractivity contribution in [2.45, 2.75) is 6.92 Å². The fourth-order valence-corrected chi connectivity index (χ4v) is 2.65. The van der Waals surface area contributed by atoms with Crippen LogP contribution in [0.25, 0.3) is 0 Å². The number of rotatable bonds is 5. The van der Waals surface area contributed by atoms with Gasteiger partial charge in [0.25, 0.3) is 0 Å². The first-order valence-electron chi connectivity index (χ1n) is 4.35. The van der Waals surface area contributed by atoms with Crippen LogP contribution >= 0.6 is 11.6 Å². The Labute approximate surface area is 93.9 Å². The zero-order valence-corrected chi connectivity index (χ0v) is 9.79. The van der Waals surface area contributed by atoms with Gasteiger partial charge < -0.3 is 0 Å². The molecule has 15 heavy (non-hydrogen) atoms. The number of alkyl halides is 1. The highest BCUT2D eigenvalue weighted by Gasteiger charge is 2.15. The van der Waals surface area contributed by atoms with E-state index in [9.17, 15) is 8.42 Å². The van der Waals surface area contributed by atoms with Crippen molar-refractivity contribution in [1.82, 2.24) is 9.97 Å². The molecule has 0 aromatic carbocycles. The minimum atomic E-state index is -3.36. The van der Waals surface area contributed by atoms with Gasteiger partial charge in [-0.15, -0.1) is 11.6 Å². The largest absolute Gasteiger partial charge is 0.280 e. The van der Waals surface area contributed by atoms with E-state index in [2.05, 4.69) is 14.7 Å². The van der Waals surface area contributed by atoms with Crippen LogP contribution in [-0.4, -0.2) is 30.0 Å². The Hall–Kier alpha value is -0.880. The summed E-state index contributed by atoms with van der Waals surface area (Å²) in [5, 5.41) is 0. The summed E-state index contributed by atoms with van der Waals surface area (Å²) in [6.07, 6.45) is 4.13. The lowest BCUT2D eigenvalue weighted by Gasteiger charge is -2.10. The zero-order chi connectivity index (χ0) is 11.3. The van der Waals surface area contributed by atoms with Crippen LogP contribution in [0.5, 0.6) is 0 Å². The first kappa shape index (κ1) is 12.2. The van der Waals surface area contributed by atoms with E-state index in [1.807, 2.05) is 0 Å². The van der Waals surface area contributed by atoms with Crippen LogP contribution in [0.4, 0.5) is 5.69 Å². The Morgan fingerprint density at radius 2 is 2.07 bits per heavy atom. The molecular weight excluding hydrogens is 238 g/mol. The van der Waals surface area contributed by atoms with Gasteiger partial charge in [-0.05, 0) is 5.92 Å². The molecule has 0 aliphatic carbocycles. The van der Waals surface area contributed by atoms with E-state index in [-0.39, 0.29) is 11.7 Å². The zero-order valence-electron chi connectivity index (χ0n) is 8.22. The van der Waals surface area contributed by atoms with Gasteiger partial charge in [-0.2, -0.15) is 0 Å². The van der Waals surface area contributed by atoms with Gasteiger partial charge in [0.1, 0.15) is 6.33 Å². The SMILES string of the molecule is CC(CCl)CS(=O)(=O)Nc1cncnc1. The predicted molar refractivity (Wildman–Crippen MR) is 59.3 cm³/mol. The average Bonchev–Trinajstić information content (AvgIpc) is 2.17. The van der Waals surface area contributed by atoms with E-state index in [0.29, 0.717) is 11.6 Å². The first-order chi connectivity index (χ1) is 7.03. The third-order valence-corrected chi connectivity index (χ3v) is 3.68. The molecule has 1 aromatic rings. The molecule has 1 atom stereocenters. The predicted octanol–water partition coefficient (Wildman–Crippen LogP) is 1.09. The smallest absolute Gasteiger partial charge is 0.233 e. The van der Waals surface area contributed by atoms with Gasteiger partial charge in [0.15, 0.2) is 0 Å². The van der Waals surface area contributed by atoms with Gasteiger partial charge in [-0.3, -0.25) is 4.72 Å². The molecule has 0 spiro atoms. The van der Waals surface area contributed by atoms with Crippen molar-refractivity contribution in [1.29, 1.82) is 0 Å². The molecule has 1 heterocycles. The fraction of sp³-hybridized carbons (Fsp3) is 0.500. The molecule has 1 aromatic heterocycles. The second kappa shape index (κ2) is 5.27. The monoisotopic (exact) mass is 249 g/mol. The molecule has 84 valence electrons. The van der Waals surface area contributed by atoms with Crippen molar-refractivity contribution < 1.29 is 8.42 Å². The Morgan fingerprint density at radius 3 is 2.60 bits per heavy atom. The minimum Gasteiger partial charge on any atom is -0.280 e. The third-order valence-electron chi connectivity index (χ3n) is 1.60. The van der Waals surface area contributed by atoms with Crippen LogP contribution in [0, 0.1) is 5.92 Å². The quantitative estimate of drug-likeness (QED) is 0.793. The molecule has 1 unspecified atom stereocenters. The molecule has 0 saturated heterocycles. The molecule has 0 amide bonds. The van der Waals surface area contributed by atoms with E-state index in [4.69, 9.17) is 11.6 Å². The number of nitrogens with one attached hydrogen (secondary N) is 1. The first-order valence-corrected chi connectivity index (χ1v) is 6.53. The summed E-state index contributed by atoms with van der Waals surface area (Å²) < 4.78 is 25.5. The number of hydrogen-bond acceptors (Lipinski definition) is 4. The second-order valence-electron chi connectivity index (χ2n) is 3.27. The van der Waals surface area contributed by atoms with Gasteiger partial charge in [0, 0.05) is 5.88 Å². The fourth-order valence-electron chi connectivity index (χ4n) is 0.992. The van der Waals surface area contributed by atoms with Crippen molar-refractivity contribution >= 4 is 27.3 Å². The number of nitrogens with zero attached hydrogens (tertiary/aromatic N) is 2. The van der Waals surface area contributed by atoms with Crippen molar-refractivity contribution in [3.05, 3.63) is 18.7 Å².